The van der Waals surface area contributed by atoms with Crippen LogP contribution in [0.3, 0.4) is 0 Å². The van der Waals surface area contributed by atoms with Crippen molar-refractivity contribution < 1.29 is 19.4 Å². The van der Waals surface area contributed by atoms with E-state index in [1.54, 1.807) is 11.7 Å². The summed E-state index contributed by atoms with van der Waals surface area (Å²) < 4.78 is 5.13. The van der Waals surface area contributed by atoms with Gasteiger partial charge in [0.1, 0.15) is 6.61 Å². The number of aliphatic hydroxyl groups is 1. The summed E-state index contributed by atoms with van der Waals surface area (Å²) in [4.78, 5) is 27.9. The maximum atomic E-state index is 11.9. The highest BCUT2D eigenvalue weighted by Gasteiger charge is 2.16. The minimum Gasteiger partial charge on any atom is -0.444 e. The minimum absolute atomic E-state index is 0.0973. The van der Waals surface area contributed by atoms with E-state index in [4.69, 9.17) is 4.74 Å². The fourth-order valence-electron chi connectivity index (χ4n) is 3.52. The first-order chi connectivity index (χ1) is 16.0. The van der Waals surface area contributed by atoms with E-state index >= 15 is 0 Å². The average Bonchev–Trinajstić information content (AvgIpc) is 3.34. The Morgan fingerprint density at radius 3 is 2.52 bits per heavy atom. The Kier molecular flexibility index (Phi) is 9.41. The SMILES string of the molecule is CC(=O)Nc1ccc(CC(CCC(O)CNC(=O)OCc2cncs2)c2ccccc2)cc1. The molecular weight excluding hydrogens is 438 g/mol. The number of nitrogens with zero attached hydrogens (tertiary/aromatic N) is 1. The number of hydrogen-bond donors (Lipinski definition) is 3. The predicted octanol–water partition coefficient (Wildman–Crippen LogP) is 4.50. The second kappa shape index (κ2) is 12.7. The van der Waals surface area contributed by atoms with Crippen molar-refractivity contribution in [3.8, 4) is 0 Å². The van der Waals surface area contributed by atoms with E-state index in [9.17, 15) is 14.7 Å². The summed E-state index contributed by atoms with van der Waals surface area (Å²) in [6.45, 7) is 1.79. The Morgan fingerprint density at radius 2 is 1.85 bits per heavy atom. The largest absolute Gasteiger partial charge is 0.444 e. The molecule has 0 radical (unpaired) electrons. The molecule has 3 rings (SSSR count). The molecule has 0 saturated carbocycles. The zero-order valence-corrected chi connectivity index (χ0v) is 19.4. The van der Waals surface area contributed by atoms with Crippen LogP contribution in [-0.2, 0) is 22.6 Å². The normalized spacial score (nSPS) is 12.5. The Labute approximate surface area is 197 Å². The lowest BCUT2D eigenvalue weighted by Crippen LogP contribution is -2.32. The van der Waals surface area contributed by atoms with Gasteiger partial charge in [0.05, 0.1) is 16.5 Å². The van der Waals surface area contributed by atoms with Gasteiger partial charge in [0.2, 0.25) is 5.91 Å². The summed E-state index contributed by atoms with van der Waals surface area (Å²) >= 11 is 1.42. The van der Waals surface area contributed by atoms with Crippen molar-refractivity contribution in [1.82, 2.24) is 10.3 Å². The third-order valence-electron chi connectivity index (χ3n) is 5.19. The third kappa shape index (κ3) is 8.67. The molecule has 3 N–H and O–H groups in total. The molecule has 174 valence electrons. The van der Waals surface area contributed by atoms with Crippen LogP contribution in [0.25, 0.3) is 0 Å². The highest BCUT2D eigenvalue weighted by Crippen LogP contribution is 2.27. The summed E-state index contributed by atoms with van der Waals surface area (Å²) in [6.07, 6.45) is 2.54. The number of amides is 2. The third-order valence-corrected chi connectivity index (χ3v) is 5.94. The highest BCUT2D eigenvalue weighted by atomic mass is 32.1. The first kappa shape index (κ1) is 24.4. The van der Waals surface area contributed by atoms with Gasteiger partial charge < -0.3 is 20.5 Å². The van der Waals surface area contributed by atoms with Gasteiger partial charge in [-0.3, -0.25) is 9.78 Å². The van der Waals surface area contributed by atoms with E-state index in [0.717, 1.165) is 29.0 Å². The molecule has 1 heterocycles. The quantitative estimate of drug-likeness (QED) is 0.386. The smallest absolute Gasteiger partial charge is 0.407 e. The van der Waals surface area contributed by atoms with Gasteiger partial charge in [0, 0.05) is 25.4 Å². The fourth-order valence-corrected chi connectivity index (χ4v) is 4.03. The molecule has 0 aliphatic rings. The van der Waals surface area contributed by atoms with Crippen LogP contribution in [0, 0.1) is 0 Å². The number of alkyl carbamates (subject to hydrolysis) is 1. The average molecular weight is 468 g/mol. The van der Waals surface area contributed by atoms with E-state index in [1.165, 1.54) is 23.8 Å². The topological polar surface area (TPSA) is 101 Å². The van der Waals surface area contributed by atoms with E-state index < -0.39 is 12.2 Å². The van der Waals surface area contributed by atoms with Crippen LogP contribution in [-0.4, -0.2) is 34.7 Å². The van der Waals surface area contributed by atoms with Gasteiger partial charge in [0.25, 0.3) is 0 Å². The van der Waals surface area contributed by atoms with Gasteiger partial charge in [-0.2, -0.15) is 0 Å². The number of hydrogen-bond acceptors (Lipinski definition) is 6. The second-order valence-electron chi connectivity index (χ2n) is 7.85. The van der Waals surface area contributed by atoms with Crippen molar-refractivity contribution in [2.75, 3.05) is 11.9 Å². The molecule has 2 aromatic carbocycles. The lowest BCUT2D eigenvalue weighted by molar-refractivity contribution is -0.114. The van der Waals surface area contributed by atoms with Crippen LogP contribution in [0.4, 0.5) is 10.5 Å². The van der Waals surface area contributed by atoms with Gasteiger partial charge in [-0.25, -0.2) is 4.79 Å². The van der Waals surface area contributed by atoms with Crippen molar-refractivity contribution in [2.24, 2.45) is 0 Å². The predicted molar refractivity (Wildman–Crippen MR) is 129 cm³/mol. The fraction of sp³-hybridized carbons (Fsp3) is 0.320. The molecule has 33 heavy (non-hydrogen) atoms. The lowest BCUT2D eigenvalue weighted by atomic mass is 9.87. The van der Waals surface area contributed by atoms with Gasteiger partial charge in [0.15, 0.2) is 0 Å². The molecule has 0 bridgehead atoms. The van der Waals surface area contributed by atoms with E-state index in [2.05, 4.69) is 27.8 Å². The van der Waals surface area contributed by atoms with Crippen LogP contribution >= 0.6 is 11.3 Å². The number of anilines is 1. The van der Waals surface area contributed by atoms with Crippen molar-refractivity contribution in [3.05, 3.63) is 82.3 Å². The zero-order chi connectivity index (χ0) is 23.5. The maximum absolute atomic E-state index is 11.9. The summed E-state index contributed by atoms with van der Waals surface area (Å²) in [5.74, 6) is 0.116. The van der Waals surface area contributed by atoms with Crippen LogP contribution in [0.15, 0.2) is 66.3 Å². The number of nitrogens with one attached hydrogen (secondary N) is 2. The van der Waals surface area contributed by atoms with Gasteiger partial charge in [-0.05, 0) is 48.4 Å². The first-order valence-electron chi connectivity index (χ1n) is 10.9. The van der Waals surface area contributed by atoms with Gasteiger partial charge in [-0.15, -0.1) is 11.3 Å². The minimum atomic E-state index is -0.672. The number of benzene rings is 2. The van der Waals surface area contributed by atoms with Crippen LogP contribution in [0.2, 0.25) is 0 Å². The van der Waals surface area contributed by atoms with E-state index in [1.807, 2.05) is 42.5 Å². The number of carbonyl (C=O) groups excluding carboxylic acids is 2. The Hall–Kier alpha value is -3.23. The maximum Gasteiger partial charge on any atom is 0.407 e. The Bertz CT molecular complexity index is 994. The molecule has 1 aromatic heterocycles. The molecule has 0 aliphatic heterocycles. The number of rotatable bonds is 11. The van der Waals surface area contributed by atoms with Crippen molar-refractivity contribution in [3.63, 3.8) is 0 Å². The van der Waals surface area contributed by atoms with Gasteiger partial charge in [-0.1, -0.05) is 42.5 Å². The molecule has 0 fully saturated rings. The second-order valence-corrected chi connectivity index (χ2v) is 8.82. The number of thiazole rings is 1. The standard InChI is InChI=1S/C25H29N3O4S/c1-18(29)28-22-10-7-19(8-11-22)13-21(20-5-3-2-4-6-20)9-12-23(30)14-27-25(31)32-16-24-15-26-17-33-24/h2-8,10-11,15,17,21,23,30H,9,12-14,16H2,1H3,(H,27,31)(H,28,29). The van der Waals surface area contributed by atoms with Crippen molar-refractivity contribution >= 4 is 29.0 Å². The summed E-state index contributed by atoms with van der Waals surface area (Å²) in [7, 11) is 0. The van der Waals surface area contributed by atoms with Crippen molar-refractivity contribution in [1.29, 1.82) is 0 Å². The Balaban J connectivity index is 1.50. The van der Waals surface area contributed by atoms with Crippen LogP contribution in [0.1, 0.15) is 41.7 Å². The summed E-state index contributed by atoms with van der Waals surface area (Å²) in [6, 6.07) is 18.0. The molecule has 0 aliphatic carbocycles. The van der Waals surface area contributed by atoms with Gasteiger partial charge >= 0.3 is 6.09 Å². The highest BCUT2D eigenvalue weighted by molar-refractivity contribution is 7.09. The molecule has 3 aromatic rings. The molecular formula is C25H29N3O4S. The number of carbonyl (C=O) groups is 2. The zero-order valence-electron chi connectivity index (χ0n) is 18.6. The molecule has 7 nitrogen and oxygen atoms in total. The monoisotopic (exact) mass is 467 g/mol. The summed E-state index contributed by atoms with van der Waals surface area (Å²) in [5.41, 5.74) is 4.80. The molecule has 0 spiro atoms. The number of aromatic nitrogens is 1. The van der Waals surface area contributed by atoms with Crippen molar-refractivity contribution in [2.45, 2.75) is 44.8 Å². The molecule has 8 heteroatoms. The van der Waals surface area contributed by atoms with E-state index in [0.29, 0.717) is 6.42 Å². The molecule has 2 amide bonds. The Morgan fingerprint density at radius 1 is 1.09 bits per heavy atom. The summed E-state index contributed by atoms with van der Waals surface area (Å²) in [5, 5.41) is 15.8. The molecule has 2 unspecified atom stereocenters. The van der Waals surface area contributed by atoms with E-state index in [-0.39, 0.29) is 25.0 Å². The van der Waals surface area contributed by atoms with Crippen LogP contribution < -0.4 is 10.6 Å². The molecule has 2 atom stereocenters. The number of aliphatic hydroxyl groups excluding tert-OH is 1. The first-order valence-corrected chi connectivity index (χ1v) is 11.7. The molecule has 0 saturated heterocycles. The van der Waals surface area contributed by atoms with Crippen LogP contribution in [0.5, 0.6) is 0 Å². The lowest BCUT2D eigenvalue weighted by Gasteiger charge is -2.20. The number of ether oxygens (including phenoxy) is 1.